The first-order chi connectivity index (χ1) is 18.4. The van der Waals surface area contributed by atoms with Crippen LogP contribution in [0.15, 0.2) is 101 Å². The van der Waals surface area contributed by atoms with E-state index < -0.39 is 17.3 Å². The van der Waals surface area contributed by atoms with E-state index in [0.717, 1.165) is 17.7 Å². The maximum absolute atomic E-state index is 12.5. The number of aromatic nitrogens is 2. The van der Waals surface area contributed by atoms with E-state index in [1.54, 1.807) is 20.2 Å². The second-order valence-electron chi connectivity index (χ2n) is 9.91. The number of hydrogen-bond acceptors (Lipinski definition) is 5. The number of nitrogens with one attached hydrogen (secondary N) is 1. The molecule has 2 heterocycles. The Hall–Kier alpha value is -3.94. The van der Waals surface area contributed by atoms with Crippen molar-refractivity contribution in [2.45, 2.75) is 50.0 Å². The zero-order valence-electron chi connectivity index (χ0n) is 21.7. The maximum atomic E-state index is 12.5. The average Bonchev–Trinajstić information content (AvgIpc) is 3.32. The van der Waals surface area contributed by atoms with Crippen molar-refractivity contribution in [3.8, 4) is 5.75 Å². The number of benzene rings is 3. The van der Waals surface area contributed by atoms with E-state index in [1.165, 1.54) is 15.7 Å². The second kappa shape index (κ2) is 10.8. The zero-order chi connectivity index (χ0) is 26.7. The van der Waals surface area contributed by atoms with Crippen LogP contribution in [0.5, 0.6) is 5.75 Å². The molecule has 7 heteroatoms. The van der Waals surface area contributed by atoms with Gasteiger partial charge in [-0.25, -0.2) is 4.79 Å². The summed E-state index contributed by atoms with van der Waals surface area (Å²) in [5, 5.41) is 0. The number of ether oxygens (including phenoxy) is 2. The van der Waals surface area contributed by atoms with Gasteiger partial charge >= 0.3 is 5.69 Å². The molecule has 3 atom stereocenters. The maximum Gasteiger partial charge on any atom is 0.330 e. The van der Waals surface area contributed by atoms with Gasteiger partial charge < -0.3 is 15.2 Å². The summed E-state index contributed by atoms with van der Waals surface area (Å²) in [5.74, 6) is 0.800. The number of hydrogen-bond donors (Lipinski definition) is 2. The average molecular weight is 512 g/mol. The highest BCUT2D eigenvalue weighted by atomic mass is 16.5. The minimum absolute atomic E-state index is 0.251. The Morgan fingerprint density at radius 1 is 0.947 bits per heavy atom. The lowest BCUT2D eigenvalue weighted by atomic mass is 9.66. The smallest absolute Gasteiger partial charge is 0.330 e. The van der Waals surface area contributed by atoms with E-state index in [9.17, 15) is 9.59 Å². The van der Waals surface area contributed by atoms with Crippen molar-refractivity contribution in [1.82, 2.24) is 9.55 Å². The number of aryl methyl sites for hydroxylation is 1. The summed E-state index contributed by atoms with van der Waals surface area (Å²) in [7, 11) is 1.67. The van der Waals surface area contributed by atoms with Gasteiger partial charge in [0.25, 0.3) is 5.56 Å². The van der Waals surface area contributed by atoms with Gasteiger partial charge in [0.1, 0.15) is 12.0 Å². The van der Waals surface area contributed by atoms with Crippen LogP contribution in [0.1, 0.15) is 47.7 Å². The largest absolute Gasteiger partial charge is 0.497 e. The van der Waals surface area contributed by atoms with Crippen LogP contribution in [0, 0.1) is 6.92 Å². The Morgan fingerprint density at radius 2 is 1.53 bits per heavy atom. The molecule has 1 aromatic heterocycles. The predicted octanol–water partition coefficient (Wildman–Crippen LogP) is 4.28. The van der Waals surface area contributed by atoms with Crippen molar-refractivity contribution in [1.29, 1.82) is 0 Å². The Labute approximate surface area is 221 Å². The topological polar surface area (TPSA) is 99.3 Å². The van der Waals surface area contributed by atoms with Crippen LogP contribution < -0.4 is 21.7 Å². The summed E-state index contributed by atoms with van der Waals surface area (Å²) < 4.78 is 13.3. The first kappa shape index (κ1) is 25.7. The number of nitrogens with two attached hydrogens (primary N) is 1. The highest BCUT2D eigenvalue weighted by Gasteiger charge is 2.40. The first-order valence-corrected chi connectivity index (χ1v) is 12.9. The minimum atomic E-state index is -0.526. The number of methoxy groups -OCH3 is 1. The summed E-state index contributed by atoms with van der Waals surface area (Å²) >= 11 is 0. The molecule has 196 valence electrons. The molecule has 0 radical (unpaired) electrons. The van der Waals surface area contributed by atoms with Gasteiger partial charge in [-0.15, -0.1) is 0 Å². The van der Waals surface area contributed by atoms with Gasteiger partial charge in [0.15, 0.2) is 0 Å². The number of rotatable bonds is 8. The monoisotopic (exact) mass is 511 g/mol. The van der Waals surface area contributed by atoms with E-state index in [1.807, 2.05) is 24.3 Å². The van der Waals surface area contributed by atoms with E-state index in [0.29, 0.717) is 18.4 Å². The summed E-state index contributed by atoms with van der Waals surface area (Å²) in [5.41, 5.74) is 9.19. The molecular weight excluding hydrogens is 478 g/mol. The second-order valence-corrected chi connectivity index (χ2v) is 9.91. The van der Waals surface area contributed by atoms with Gasteiger partial charge in [-0.3, -0.25) is 14.3 Å². The number of nitrogens with zero attached hydrogens (tertiary/aromatic N) is 1. The molecule has 1 saturated heterocycles. The van der Waals surface area contributed by atoms with E-state index in [-0.39, 0.29) is 17.7 Å². The normalized spacial score (nSPS) is 19.4. The Morgan fingerprint density at radius 3 is 2.11 bits per heavy atom. The fraction of sp³-hybridized carbons (Fsp3) is 0.290. The van der Waals surface area contributed by atoms with E-state index in [4.69, 9.17) is 15.2 Å². The van der Waals surface area contributed by atoms with Gasteiger partial charge in [0, 0.05) is 29.6 Å². The van der Waals surface area contributed by atoms with Crippen LogP contribution in [0.25, 0.3) is 0 Å². The molecule has 7 nitrogen and oxygen atoms in total. The molecule has 4 aromatic rings. The highest BCUT2D eigenvalue weighted by molar-refractivity contribution is 5.51. The van der Waals surface area contributed by atoms with Crippen LogP contribution in [-0.4, -0.2) is 28.8 Å². The van der Waals surface area contributed by atoms with E-state index in [2.05, 4.69) is 65.6 Å². The molecular formula is C31H33N3O4. The van der Waals surface area contributed by atoms with Crippen LogP contribution in [0.2, 0.25) is 0 Å². The molecule has 38 heavy (non-hydrogen) atoms. The van der Waals surface area contributed by atoms with Crippen molar-refractivity contribution >= 4 is 0 Å². The van der Waals surface area contributed by atoms with Crippen LogP contribution in [0.3, 0.4) is 0 Å². The fourth-order valence-corrected chi connectivity index (χ4v) is 5.62. The van der Waals surface area contributed by atoms with Crippen molar-refractivity contribution in [2.24, 2.45) is 5.73 Å². The lowest BCUT2D eigenvalue weighted by Crippen LogP contribution is -2.35. The van der Waals surface area contributed by atoms with Crippen molar-refractivity contribution in [2.75, 3.05) is 7.11 Å². The molecule has 0 bridgehead atoms. The standard InChI is InChI=1S/C31H33N3O4/c1-21-20-34(30(36)33-29(21)35)28-19-26(32)27(38-28)17-18-31(22-9-5-3-6-10-22,23-11-7-4-8-12-23)24-13-15-25(37-2)16-14-24/h3-16,20,26-28H,17-19,32H2,1-2H3,(H,33,35,36)/t26-,27-,28-/m1/s1. The van der Waals surface area contributed by atoms with Crippen LogP contribution in [-0.2, 0) is 10.2 Å². The molecule has 3 N–H and O–H groups in total. The number of H-pyrrole nitrogens is 1. The van der Waals surface area contributed by atoms with Gasteiger partial charge in [-0.1, -0.05) is 72.8 Å². The number of aromatic amines is 1. The molecule has 0 aliphatic carbocycles. The van der Waals surface area contributed by atoms with Crippen molar-refractivity contribution in [3.63, 3.8) is 0 Å². The Balaban J connectivity index is 1.52. The van der Waals surface area contributed by atoms with Gasteiger partial charge in [-0.05, 0) is 48.6 Å². The quantitative estimate of drug-likeness (QED) is 0.344. The molecule has 1 aliphatic rings. The third-order valence-corrected chi connectivity index (χ3v) is 7.66. The molecule has 0 saturated carbocycles. The van der Waals surface area contributed by atoms with E-state index >= 15 is 0 Å². The Bertz CT molecular complexity index is 1440. The van der Waals surface area contributed by atoms with Crippen LogP contribution in [0.4, 0.5) is 0 Å². The first-order valence-electron chi connectivity index (χ1n) is 12.9. The molecule has 5 rings (SSSR count). The summed E-state index contributed by atoms with van der Waals surface area (Å²) in [6.07, 6.45) is 2.66. The van der Waals surface area contributed by atoms with Crippen LogP contribution >= 0.6 is 0 Å². The summed E-state index contributed by atoms with van der Waals surface area (Å²) in [4.78, 5) is 26.7. The molecule has 3 aromatic carbocycles. The molecule has 0 unspecified atom stereocenters. The Kier molecular flexibility index (Phi) is 7.31. The van der Waals surface area contributed by atoms with Gasteiger partial charge in [0.05, 0.1) is 13.2 Å². The zero-order valence-corrected chi connectivity index (χ0v) is 21.7. The van der Waals surface area contributed by atoms with Gasteiger partial charge in [0.2, 0.25) is 0 Å². The van der Waals surface area contributed by atoms with Crippen molar-refractivity contribution < 1.29 is 9.47 Å². The predicted molar refractivity (Wildman–Crippen MR) is 148 cm³/mol. The third kappa shape index (κ3) is 4.83. The minimum Gasteiger partial charge on any atom is -0.497 e. The molecule has 1 fully saturated rings. The lowest BCUT2D eigenvalue weighted by molar-refractivity contribution is -0.00851. The molecule has 1 aliphatic heterocycles. The molecule has 0 spiro atoms. The summed E-state index contributed by atoms with van der Waals surface area (Å²) in [6.45, 7) is 1.67. The fourth-order valence-electron chi connectivity index (χ4n) is 5.62. The van der Waals surface area contributed by atoms with Gasteiger partial charge in [-0.2, -0.15) is 0 Å². The summed E-state index contributed by atoms with van der Waals surface area (Å²) in [6, 6.07) is 29.0. The highest BCUT2D eigenvalue weighted by Crippen LogP contribution is 2.45. The lowest BCUT2D eigenvalue weighted by Gasteiger charge is -2.37. The molecule has 0 amide bonds. The third-order valence-electron chi connectivity index (χ3n) is 7.66. The SMILES string of the molecule is COc1ccc(C(CC[C@H]2O[C@@H](n3cc(C)c(=O)[nH]c3=O)C[C@H]2N)(c2ccccc2)c2ccccc2)cc1. The van der Waals surface area contributed by atoms with Crippen molar-refractivity contribution in [3.05, 3.63) is 134 Å².